The monoisotopic (exact) mass is 732 g/mol. The summed E-state index contributed by atoms with van der Waals surface area (Å²) in [6.07, 6.45) is 2.25. The Kier molecular flexibility index (Phi) is 8.67. The number of aromatic nitrogens is 1. The summed E-state index contributed by atoms with van der Waals surface area (Å²) in [5.74, 6) is -0.338. The number of allylic oxidation sites excluding steroid dienone is 1. The maximum atomic E-state index is 14.3. The highest BCUT2D eigenvalue weighted by atomic mass is 127. The van der Waals surface area contributed by atoms with E-state index in [1.54, 1.807) is 28.8 Å². The lowest BCUT2D eigenvalue weighted by molar-refractivity contribution is -0.136. The summed E-state index contributed by atoms with van der Waals surface area (Å²) in [6, 6.07) is 18.9. The summed E-state index contributed by atoms with van der Waals surface area (Å²) in [5, 5.41) is 0. The van der Waals surface area contributed by atoms with Crippen LogP contribution in [0.5, 0.6) is 5.75 Å². The van der Waals surface area contributed by atoms with Gasteiger partial charge in [0.25, 0.3) is 5.56 Å². The molecule has 1 aromatic heterocycles. The molecule has 0 spiro atoms. The molecule has 0 radical (unpaired) electrons. The molecule has 5 rings (SSSR count). The van der Waals surface area contributed by atoms with Crippen LogP contribution >= 0.6 is 49.9 Å². The first-order valence-corrected chi connectivity index (χ1v) is 15.0. The fourth-order valence-electron chi connectivity index (χ4n) is 4.56. The van der Waals surface area contributed by atoms with Crippen LogP contribution < -0.4 is 19.6 Å². The smallest absolute Gasteiger partial charge is 0.338 e. The van der Waals surface area contributed by atoms with Crippen LogP contribution in [-0.4, -0.2) is 17.6 Å². The molecule has 0 saturated carbocycles. The Morgan fingerprint density at radius 1 is 1.18 bits per heavy atom. The van der Waals surface area contributed by atoms with Gasteiger partial charge in [-0.25, -0.2) is 14.2 Å². The van der Waals surface area contributed by atoms with Crippen molar-refractivity contribution in [3.05, 3.63) is 128 Å². The number of carbonyl (C=O) groups excluding carboxylic acids is 1. The Morgan fingerprint density at radius 3 is 2.60 bits per heavy atom. The molecule has 0 unspecified atom stereocenters. The van der Waals surface area contributed by atoms with Crippen molar-refractivity contribution in [3.63, 3.8) is 0 Å². The second-order valence-corrected chi connectivity index (χ2v) is 12.0. The maximum absolute atomic E-state index is 14.3. The summed E-state index contributed by atoms with van der Waals surface area (Å²) >= 11 is 6.94. The number of ether oxygens (including phenoxy) is 2. The molecule has 0 amide bonds. The zero-order valence-corrected chi connectivity index (χ0v) is 26.0. The molecule has 1 atom stereocenters. The Morgan fingerprint density at radius 2 is 1.90 bits per heavy atom. The van der Waals surface area contributed by atoms with Gasteiger partial charge in [0.1, 0.15) is 18.2 Å². The third-order valence-corrected chi connectivity index (χ3v) is 8.66. The molecule has 1 aliphatic rings. The lowest BCUT2D eigenvalue weighted by Crippen LogP contribution is -2.40. The molecule has 4 aromatic rings. The Bertz CT molecular complexity index is 1820. The molecule has 0 aliphatic carbocycles. The van der Waals surface area contributed by atoms with Gasteiger partial charge in [-0.3, -0.25) is 9.36 Å². The number of fused-ring (bicyclic) bond motifs is 1. The lowest BCUT2D eigenvalue weighted by Gasteiger charge is -2.25. The lowest BCUT2D eigenvalue weighted by atomic mass is 9.95. The summed E-state index contributed by atoms with van der Waals surface area (Å²) in [5.41, 5.74) is 2.50. The fourth-order valence-corrected chi connectivity index (χ4v) is 7.28. The number of hydrogen-bond acceptors (Lipinski definition) is 6. The molecular formula is C30H23BrFIN2O4S. The number of nitrogens with zero attached hydrogens (tertiary/aromatic N) is 2. The first-order chi connectivity index (χ1) is 19.3. The van der Waals surface area contributed by atoms with E-state index in [-0.39, 0.29) is 18.0 Å². The Balaban J connectivity index is 1.67. The number of benzene rings is 3. The summed E-state index contributed by atoms with van der Waals surface area (Å²) < 4.78 is 29.0. The molecule has 2 heterocycles. The van der Waals surface area contributed by atoms with Crippen molar-refractivity contribution in [3.8, 4) is 5.75 Å². The van der Waals surface area contributed by atoms with Gasteiger partial charge in [0.05, 0.1) is 32.5 Å². The molecule has 10 heteroatoms. The van der Waals surface area contributed by atoms with Crippen LogP contribution in [0.25, 0.3) is 6.08 Å². The summed E-state index contributed by atoms with van der Waals surface area (Å²) in [7, 11) is 1.33. The van der Waals surface area contributed by atoms with Gasteiger partial charge in [-0.1, -0.05) is 82.7 Å². The molecule has 1 aliphatic heterocycles. The van der Waals surface area contributed by atoms with E-state index in [1.165, 1.54) is 24.5 Å². The van der Waals surface area contributed by atoms with E-state index in [9.17, 15) is 14.0 Å². The summed E-state index contributed by atoms with van der Waals surface area (Å²) in [6.45, 7) is 1.95. The molecule has 0 saturated heterocycles. The molecule has 204 valence electrons. The third kappa shape index (κ3) is 5.57. The maximum Gasteiger partial charge on any atom is 0.338 e. The number of thiazole rings is 1. The SMILES string of the molecule is CCC1=C(C(=O)OC)[C@H](c2ccccc2)n2c(s/c(=C/c3cc(Br)cc(I)c3OCc3ccccc3F)c2=O)=N1. The van der Waals surface area contributed by atoms with Crippen molar-refractivity contribution in [2.45, 2.75) is 26.0 Å². The number of methoxy groups -OCH3 is 1. The predicted molar refractivity (Wildman–Crippen MR) is 164 cm³/mol. The van der Waals surface area contributed by atoms with Gasteiger partial charge >= 0.3 is 5.97 Å². The second-order valence-electron chi connectivity index (χ2n) is 8.88. The topological polar surface area (TPSA) is 69.9 Å². The minimum Gasteiger partial charge on any atom is -0.487 e. The standard InChI is InChI=1S/C30H23BrFIN2O4S/c1-3-23-25(29(37)38-2)26(17-9-5-4-6-10-17)35-28(36)24(40-30(35)34-23)14-19-13-20(31)15-22(33)27(19)39-16-18-11-7-8-12-21(18)32/h4-15,26H,3,16H2,1-2H3/b24-14+/t26-/m0/s1. The molecule has 0 fully saturated rings. The first-order valence-electron chi connectivity index (χ1n) is 12.4. The quantitative estimate of drug-likeness (QED) is 0.176. The Hall–Kier alpha value is -3.09. The Labute approximate surface area is 255 Å². The average molecular weight is 733 g/mol. The van der Waals surface area contributed by atoms with Gasteiger partial charge < -0.3 is 9.47 Å². The zero-order valence-electron chi connectivity index (χ0n) is 21.5. The van der Waals surface area contributed by atoms with Gasteiger partial charge in [-0.2, -0.15) is 0 Å². The van der Waals surface area contributed by atoms with Crippen molar-refractivity contribution in [2.24, 2.45) is 4.99 Å². The van der Waals surface area contributed by atoms with Gasteiger partial charge in [0.15, 0.2) is 4.80 Å². The van der Waals surface area contributed by atoms with Gasteiger partial charge in [-0.15, -0.1) is 0 Å². The van der Waals surface area contributed by atoms with Crippen molar-refractivity contribution >= 4 is 61.9 Å². The number of rotatable bonds is 7. The van der Waals surface area contributed by atoms with E-state index in [0.717, 1.165) is 13.6 Å². The molecule has 40 heavy (non-hydrogen) atoms. The van der Waals surface area contributed by atoms with E-state index in [0.29, 0.717) is 43.9 Å². The van der Waals surface area contributed by atoms with Crippen LogP contribution in [0.4, 0.5) is 4.39 Å². The van der Waals surface area contributed by atoms with Crippen LogP contribution in [0.1, 0.15) is 36.1 Å². The summed E-state index contributed by atoms with van der Waals surface area (Å²) in [4.78, 5) is 32.1. The number of esters is 1. The minimum atomic E-state index is -0.679. The normalized spacial score (nSPS) is 15.0. The van der Waals surface area contributed by atoms with E-state index >= 15 is 0 Å². The molecule has 6 nitrogen and oxygen atoms in total. The third-order valence-electron chi connectivity index (χ3n) is 6.42. The highest BCUT2D eigenvalue weighted by Crippen LogP contribution is 2.33. The van der Waals surface area contributed by atoms with Crippen molar-refractivity contribution in [1.82, 2.24) is 4.57 Å². The molecular weight excluding hydrogens is 710 g/mol. The van der Waals surface area contributed by atoms with E-state index in [2.05, 4.69) is 38.5 Å². The predicted octanol–water partition coefficient (Wildman–Crippen LogP) is 5.88. The highest BCUT2D eigenvalue weighted by Gasteiger charge is 2.33. The first kappa shape index (κ1) is 28.4. The van der Waals surface area contributed by atoms with E-state index < -0.39 is 12.0 Å². The number of halogens is 3. The van der Waals surface area contributed by atoms with E-state index in [1.807, 2.05) is 49.4 Å². The molecule has 3 aromatic carbocycles. The van der Waals surface area contributed by atoms with Crippen molar-refractivity contribution in [2.75, 3.05) is 7.11 Å². The second kappa shape index (κ2) is 12.2. The van der Waals surface area contributed by atoms with Crippen molar-refractivity contribution < 1.29 is 18.7 Å². The largest absolute Gasteiger partial charge is 0.487 e. The minimum absolute atomic E-state index is 0.0305. The average Bonchev–Trinajstić information content (AvgIpc) is 3.26. The van der Waals surface area contributed by atoms with Gasteiger partial charge in [0, 0.05) is 15.6 Å². The number of hydrogen-bond donors (Lipinski definition) is 0. The van der Waals surface area contributed by atoms with E-state index in [4.69, 9.17) is 14.5 Å². The van der Waals surface area contributed by atoms with Gasteiger partial charge in [-0.05, 0) is 58.9 Å². The molecule has 0 bridgehead atoms. The number of carbonyl (C=O) groups is 1. The van der Waals surface area contributed by atoms with Crippen LogP contribution in [-0.2, 0) is 16.1 Å². The van der Waals surface area contributed by atoms with Crippen LogP contribution in [0.2, 0.25) is 0 Å². The fraction of sp³-hybridized carbons (Fsp3) is 0.167. The van der Waals surface area contributed by atoms with Crippen LogP contribution in [0, 0.1) is 9.39 Å². The zero-order chi connectivity index (χ0) is 28.4. The van der Waals surface area contributed by atoms with Gasteiger partial charge in [0.2, 0.25) is 0 Å². The van der Waals surface area contributed by atoms with Crippen LogP contribution in [0.3, 0.4) is 0 Å². The molecule has 0 N–H and O–H groups in total. The van der Waals surface area contributed by atoms with Crippen LogP contribution in [0.15, 0.2) is 92.3 Å². The highest BCUT2D eigenvalue weighted by molar-refractivity contribution is 14.1. The van der Waals surface area contributed by atoms with Crippen molar-refractivity contribution in [1.29, 1.82) is 0 Å².